The average molecular weight is 378 g/mol. The van der Waals surface area contributed by atoms with Crippen LogP contribution in [0.15, 0.2) is 83.5 Å². The van der Waals surface area contributed by atoms with E-state index in [1.807, 2.05) is 12.1 Å². The molecular weight excluding hydrogens is 363 g/mol. The van der Waals surface area contributed by atoms with Crippen LogP contribution in [0.1, 0.15) is 11.4 Å². The summed E-state index contributed by atoms with van der Waals surface area (Å²) in [7, 11) is -4.09. The first-order valence-corrected chi connectivity index (χ1v) is 9.69. The van der Waals surface area contributed by atoms with Gasteiger partial charge >= 0.3 is 7.60 Å². The maximum Gasteiger partial charge on any atom is 0.443 e. The van der Waals surface area contributed by atoms with Crippen molar-refractivity contribution in [3.8, 4) is 23.6 Å². The number of benzene rings is 2. The fraction of sp³-hybridized carbons (Fsp3) is 0.100. The summed E-state index contributed by atoms with van der Waals surface area (Å²) in [5.41, 5.74) is -1.22. The minimum Gasteiger partial charge on any atom is -0.468 e. The van der Waals surface area contributed by atoms with Crippen molar-refractivity contribution >= 4 is 7.60 Å². The fourth-order valence-corrected chi connectivity index (χ4v) is 4.57. The van der Waals surface area contributed by atoms with Gasteiger partial charge in [-0.3, -0.25) is 0 Å². The van der Waals surface area contributed by atoms with Gasteiger partial charge < -0.3 is 13.5 Å². The molecule has 7 heteroatoms. The Balaban J connectivity index is 2.10. The first kappa shape index (κ1) is 18.3. The van der Waals surface area contributed by atoms with E-state index in [0.717, 1.165) is 0 Å². The van der Waals surface area contributed by atoms with Crippen LogP contribution in [0.25, 0.3) is 0 Å². The number of furan rings is 1. The molecule has 1 unspecified atom stereocenters. The lowest BCUT2D eigenvalue weighted by atomic mass is 10.1. The molecule has 1 heterocycles. The Morgan fingerprint density at radius 2 is 1.33 bits per heavy atom. The van der Waals surface area contributed by atoms with Crippen LogP contribution in [0.3, 0.4) is 0 Å². The van der Waals surface area contributed by atoms with Gasteiger partial charge in [-0.2, -0.15) is 10.5 Å². The van der Waals surface area contributed by atoms with E-state index in [4.69, 9.17) is 13.5 Å². The van der Waals surface area contributed by atoms with E-state index < -0.39 is 19.2 Å². The van der Waals surface area contributed by atoms with Gasteiger partial charge in [0.05, 0.1) is 18.4 Å². The highest BCUT2D eigenvalue weighted by Gasteiger charge is 2.48. The zero-order valence-corrected chi connectivity index (χ0v) is 15.0. The molecule has 6 nitrogen and oxygen atoms in total. The van der Waals surface area contributed by atoms with Crippen LogP contribution in [0.4, 0.5) is 0 Å². The van der Waals surface area contributed by atoms with Crippen LogP contribution in [0.5, 0.6) is 11.5 Å². The van der Waals surface area contributed by atoms with Crippen LogP contribution in [0.2, 0.25) is 0 Å². The highest BCUT2D eigenvalue weighted by Crippen LogP contribution is 2.62. The van der Waals surface area contributed by atoms with Crippen molar-refractivity contribution in [2.45, 2.75) is 5.66 Å². The molecule has 0 radical (unpaired) electrons. The van der Waals surface area contributed by atoms with Gasteiger partial charge in [0, 0.05) is 0 Å². The molecule has 3 rings (SSSR count). The second-order valence-electron chi connectivity index (χ2n) is 5.54. The molecular formula is C20H15N2O4P. The average Bonchev–Trinajstić information content (AvgIpc) is 3.21. The van der Waals surface area contributed by atoms with Crippen molar-refractivity contribution in [3.05, 3.63) is 84.8 Å². The second kappa shape index (κ2) is 8.27. The van der Waals surface area contributed by atoms with E-state index in [1.54, 1.807) is 72.8 Å². The van der Waals surface area contributed by atoms with Gasteiger partial charge in [-0.25, -0.2) is 4.57 Å². The molecule has 3 aromatic rings. The summed E-state index contributed by atoms with van der Waals surface area (Å²) < 4.78 is 30.8. The first-order chi connectivity index (χ1) is 13.2. The van der Waals surface area contributed by atoms with Crippen molar-refractivity contribution < 1.29 is 18.0 Å². The molecule has 0 N–H and O–H groups in total. The normalized spacial score (nSPS) is 12.0. The molecule has 2 aromatic carbocycles. The lowest BCUT2D eigenvalue weighted by Gasteiger charge is -2.26. The molecule has 0 spiro atoms. The minimum absolute atomic E-state index is 0.179. The Labute approximate surface area is 156 Å². The van der Waals surface area contributed by atoms with Gasteiger partial charge in [0.15, 0.2) is 11.6 Å². The van der Waals surface area contributed by atoms with Gasteiger partial charge in [0.1, 0.15) is 17.3 Å². The maximum atomic E-state index is 13.9. The van der Waals surface area contributed by atoms with Crippen molar-refractivity contribution in [2.75, 3.05) is 0 Å². The number of nitrogens with zero attached hydrogens (tertiary/aromatic N) is 2. The number of hydrogen-bond acceptors (Lipinski definition) is 6. The van der Waals surface area contributed by atoms with Crippen LogP contribution < -0.4 is 9.05 Å². The van der Waals surface area contributed by atoms with Crippen molar-refractivity contribution in [3.63, 3.8) is 0 Å². The number of nitriles is 2. The number of rotatable bonds is 7. The summed E-state index contributed by atoms with van der Waals surface area (Å²) in [4.78, 5) is 0. The third-order valence-corrected chi connectivity index (χ3v) is 5.89. The Bertz CT molecular complexity index is 932. The topological polar surface area (TPSA) is 96.2 Å². The van der Waals surface area contributed by atoms with E-state index in [2.05, 4.69) is 0 Å². The van der Waals surface area contributed by atoms with Crippen molar-refractivity contribution in [2.24, 2.45) is 5.92 Å². The van der Waals surface area contributed by atoms with E-state index >= 15 is 0 Å². The molecule has 0 aliphatic rings. The molecule has 0 aliphatic heterocycles. The summed E-state index contributed by atoms with van der Waals surface area (Å²) in [6.45, 7) is 0. The Morgan fingerprint density at radius 1 is 0.815 bits per heavy atom. The molecule has 0 saturated carbocycles. The molecule has 1 atom stereocenters. The lowest BCUT2D eigenvalue weighted by molar-refractivity contribution is 0.353. The Hall–Kier alpha value is -3.47. The summed E-state index contributed by atoms with van der Waals surface area (Å²) in [6.07, 6.45) is 1.38. The summed E-state index contributed by atoms with van der Waals surface area (Å²) in [6, 6.07) is 23.8. The minimum atomic E-state index is -4.09. The summed E-state index contributed by atoms with van der Waals surface area (Å²) in [5.74, 6) is -0.529. The van der Waals surface area contributed by atoms with E-state index in [1.165, 1.54) is 6.26 Å². The van der Waals surface area contributed by atoms with Gasteiger partial charge in [0.2, 0.25) is 0 Å². The molecule has 1 aromatic heterocycles. The largest absolute Gasteiger partial charge is 0.468 e. The zero-order valence-electron chi connectivity index (χ0n) is 14.1. The van der Waals surface area contributed by atoms with E-state index in [9.17, 15) is 15.1 Å². The Morgan fingerprint density at radius 3 is 1.74 bits per heavy atom. The molecule has 0 bridgehead atoms. The highest BCUT2D eigenvalue weighted by molar-refractivity contribution is 7.55. The fourth-order valence-electron chi connectivity index (χ4n) is 2.52. The zero-order chi connectivity index (χ0) is 19.1. The molecule has 134 valence electrons. The highest BCUT2D eigenvalue weighted by atomic mass is 31.2. The van der Waals surface area contributed by atoms with Crippen LogP contribution >= 0.6 is 7.60 Å². The third-order valence-electron chi connectivity index (χ3n) is 3.72. The van der Waals surface area contributed by atoms with Crippen LogP contribution in [-0.4, -0.2) is 0 Å². The summed E-state index contributed by atoms with van der Waals surface area (Å²) in [5, 5.41) is 18.9. The van der Waals surface area contributed by atoms with Gasteiger partial charge in [-0.15, -0.1) is 0 Å². The molecule has 27 heavy (non-hydrogen) atoms. The van der Waals surface area contributed by atoms with E-state index in [-0.39, 0.29) is 5.76 Å². The number of hydrogen-bond donors (Lipinski definition) is 0. The van der Waals surface area contributed by atoms with Crippen molar-refractivity contribution in [1.82, 2.24) is 0 Å². The monoisotopic (exact) mass is 378 g/mol. The molecule has 0 fully saturated rings. The number of para-hydroxylation sites is 2. The van der Waals surface area contributed by atoms with Gasteiger partial charge in [-0.1, -0.05) is 36.4 Å². The second-order valence-corrected chi connectivity index (χ2v) is 7.55. The molecule has 0 saturated heterocycles. The molecule has 0 amide bonds. The van der Waals surface area contributed by atoms with Crippen LogP contribution in [-0.2, 0) is 4.57 Å². The quantitative estimate of drug-likeness (QED) is 0.515. The maximum absolute atomic E-state index is 13.9. The third kappa shape index (κ3) is 4.20. The Kier molecular flexibility index (Phi) is 5.61. The lowest BCUT2D eigenvalue weighted by Crippen LogP contribution is -2.17. The van der Waals surface area contributed by atoms with Crippen LogP contribution in [0, 0.1) is 28.6 Å². The molecule has 0 aliphatic carbocycles. The predicted molar refractivity (Wildman–Crippen MR) is 97.9 cm³/mol. The standard InChI is InChI=1S/C20H15N2O4P/c21-14-16(15-22)20(19-12-7-13-24-19)27(23,25-17-8-3-1-4-9-17)26-18-10-5-2-6-11-18/h1-13,16,20H. The van der Waals surface area contributed by atoms with Gasteiger partial charge in [-0.05, 0) is 36.4 Å². The van der Waals surface area contributed by atoms with Gasteiger partial charge in [0.25, 0.3) is 0 Å². The van der Waals surface area contributed by atoms with E-state index in [0.29, 0.717) is 11.5 Å². The van der Waals surface area contributed by atoms with Crippen molar-refractivity contribution in [1.29, 1.82) is 10.5 Å². The smallest absolute Gasteiger partial charge is 0.443 e. The predicted octanol–water partition coefficient (Wildman–Crippen LogP) is 5.34. The first-order valence-electron chi connectivity index (χ1n) is 8.08. The summed E-state index contributed by atoms with van der Waals surface area (Å²) >= 11 is 0. The SMILES string of the molecule is N#CC(C#N)C(c1ccco1)P(=O)(Oc1ccccc1)Oc1ccccc1.